The summed E-state index contributed by atoms with van der Waals surface area (Å²) < 4.78 is 5.97. The molecule has 1 saturated heterocycles. The highest BCUT2D eigenvalue weighted by molar-refractivity contribution is 5.81. The standard InChI is InChI=1S/C17H26N4O/c1-14-10-18-17(20-14)19-11-16-13-21(8-5-9-22-16)12-15-6-3-2-4-7-15/h2-4,6-7,14,16H,5,8-13H2,1H3,(H2,18,19,20). The Morgan fingerprint density at radius 3 is 3.00 bits per heavy atom. The lowest BCUT2D eigenvalue weighted by Crippen LogP contribution is -2.44. The normalized spacial score (nSPS) is 26.1. The Bertz CT molecular complexity index is 491. The van der Waals surface area contributed by atoms with Gasteiger partial charge in [0.05, 0.1) is 12.6 Å². The summed E-state index contributed by atoms with van der Waals surface area (Å²) in [5, 5.41) is 6.71. The molecule has 2 heterocycles. The van der Waals surface area contributed by atoms with Crippen molar-refractivity contribution in [1.29, 1.82) is 0 Å². The minimum absolute atomic E-state index is 0.214. The summed E-state index contributed by atoms with van der Waals surface area (Å²) in [6, 6.07) is 11.1. The van der Waals surface area contributed by atoms with E-state index in [-0.39, 0.29) is 6.10 Å². The predicted octanol–water partition coefficient (Wildman–Crippen LogP) is 1.21. The molecule has 0 aliphatic carbocycles. The molecule has 3 rings (SSSR count). The number of guanidine groups is 1. The molecule has 120 valence electrons. The summed E-state index contributed by atoms with van der Waals surface area (Å²) in [5.74, 6) is 0.912. The second-order valence-corrected chi connectivity index (χ2v) is 6.18. The molecule has 5 heteroatoms. The van der Waals surface area contributed by atoms with E-state index < -0.39 is 0 Å². The summed E-state index contributed by atoms with van der Waals surface area (Å²) in [6.45, 7) is 7.71. The van der Waals surface area contributed by atoms with Crippen LogP contribution in [0.2, 0.25) is 0 Å². The van der Waals surface area contributed by atoms with E-state index in [1.54, 1.807) is 0 Å². The smallest absolute Gasteiger partial charge is 0.191 e. The van der Waals surface area contributed by atoms with Crippen LogP contribution in [0, 0.1) is 0 Å². The number of rotatable bonds is 4. The van der Waals surface area contributed by atoms with E-state index in [1.165, 1.54) is 5.56 Å². The van der Waals surface area contributed by atoms with Gasteiger partial charge in [0.15, 0.2) is 5.96 Å². The number of ether oxygens (including phenoxy) is 1. The Balaban J connectivity index is 1.49. The average Bonchev–Trinajstić information content (AvgIpc) is 2.82. The Hall–Kier alpha value is -1.59. The second-order valence-electron chi connectivity index (χ2n) is 6.18. The largest absolute Gasteiger partial charge is 0.375 e. The first-order valence-electron chi connectivity index (χ1n) is 8.22. The van der Waals surface area contributed by atoms with E-state index in [1.807, 2.05) is 0 Å². The van der Waals surface area contributed by atoms with Crippen LogP contribution in [-0.2, 0) is 11.3 Å². The molecule has 0 radical (unpaired) electrons. The zero-order valence-electron chi connectivity index (χ0n) is 13.3. The first-order chi connectivity index (χ1) is 10.8. The molecule has 2 N–H and O–H groups in total. The van der Waals surface area contributed by atoms with E-state index >= 15 is 0 Å². The van der Waals surface area contributed by atoms with Crippen molar-refractivity contribution in [3.63, 3.8) is 0 Å². The van der Waals surface area contributed by atoms with Gasteiger partial charge in [-0.05, 0) is 18.9 Å². The van der Waals surface area contributed by atoms with E-state index in [4.69, 9.17) is 4.74 Å². The Morgan fingerprint density at radius 1 is 1.36 bits per heavy atom. The van der Waals surface area contributed by atoms with E-state index in [2.05, 4.69) is 57.8 Å². The molecular formula is C17H26N4O. The minimum Gasteiger partial charge on any atom is -0.375 e. The van der Waals surface area contributed by atoms with Crippen LogP contribution in [0.3, 0.4) is 0 Å². The van der Waals surface area contributed by atoms with Crippen molar-refractivity contribution in [1.82, 2.24) is 15.5 Å². The molecule has 0 saturated carbocycles. The molecule has 0 spiro atoms. The zero-order valence-corrected chi connectivity index (χ0v) is 13.3. The Labute approximate surface area is 132 Å². The number of nitrogens with zero attached hydrogens (tertiary/aromatic N) is 2. The van der Waals surface area contributed by atoms with Gasteiger partial charge in [0.1, 0.15) is 0 Å². The molecule has 5 nitrogen and oxygen atoms in total. The van der Waals surface area contributed by atoms with Gasteiger partial charge < -0.3 is 15.4 Å². The van der Waals surface area contributed by atoms with Gasteiger partial charge in [-0.15, -0.1) is 0 Å². The minimum atomic E-state index is 0.214. The summed E-state index contributed by atoms with van der Waals surface area (Å²) in [6.07, 6.45) is 1.31. The molecule has 22 heavy (non-hydrogen) atoms. The summed E-state index contributed by atoms with van der Waals surface area (Å²) in [7, 11) is 0. The summed E-state index contributed by atoms with van der Waals surface area (Å²) in [4.78, 5) is 6.92. The maximum atomic E-state index is 5.97. The maximum Gasteiger partial charge on any atom is 0.191 e. The number of aliphatic imine (C=N–C) groups is 1. The topological polar surface area (TPSA) is 48.9 Å². The van der Waals surface area contributed by atoms with Crippen LogP contribution in [-0.4, -0.2) is 55.8 Å². The highest BCUT2D eigenvalue weighted by atomic mass is 16.5. The number of hydrogen-bond acceptors (Lipinski definition) is 5. The highest BCUT2D eigenvalue weighted by Crippen LogP contribution is 2.10. The maximum absolute atomic E-state index is 5.97. The molecule has 2 aliphatic rings. The number of benzene rings is 1. The van der Waals surface area contributed by atoms with Crippen LogP contribution in [0.5, 0.6) is 0 Å². The van der Waals surface area contributed by atoms with Crippen molar-refractivity contribution in [2.24, 2.45) is 4.99 Å². The molecule has 1 fully saturated rings. The third-order valence-electron chi connectivity index (χ3n) is 4.09. The van der Waals surface area contributed by atoms with Crippen LogP contribution >= 0.6 is 0 Å². The number of nitrogens with one attached hydrogen (secondary N) is 2. The first kappa shape index (κ1) is 15.3. The molecular weight excluding hydrogens is 276 g/mol. The average molecular weight is 302 g/mol. The fourth-order valence-corrected chi connectivity index (χ4v) is 2.95. The summed E-state index contributed by atoms with van der Waals surface area (Å²) in [5.41, 5.74) is 1.37. The Kier molecular flexibility index (Phi) is 5.29. The molecule has 2 aliphatic heterocycles. The van der Waals surface area contributed by atoms with Gasteiger partial charge in [-0.1, -0.05) is 30.3 Å². The van der Waals surface area contributed by atoms with Crippen molar-refractivity contribution in [2.75, 3.05) is 32.8 Å². The van der Waals surface area contributed by atoms with Crippen molar-refractivity contribution in [3.8, 4) is 0 Å². The van der Waals surface area contributed by atoms with Crippen molar-refractivity contribution in [2.45, 2.75) is 32.0 Å². The molecule has 2 atom stereocenters. The van der Waals surface area contributed by atoms with Gasteiger partial charge >= 0.3 is 0 Å². The van der Waals surface area contributed by atoms with E-state index in [0.717, 1.165) is 51.7 Å². The van der Waals surface area contributed by atoms with Gasteiger partial charge in [-0.25, -0.2) is 0 Å². The van der Waals surface area contributed by atoms with Gasteiger partial charge in [-0.3, -0.25) is 9.89 Å². The zero-order chi connectivity index (χ0) is 15.2. The molecule has 0 bridgehead atoms. The van der Waals surface area contributed by atoms with Gasteiger partial charge in [0, 0.05) is 38.8 Å². The number of hydrogen-bond donors (Lipinski definition) is 2. The molecule has 0 amide bonds. The van der Waals surface area contributed by atoms with Gasteiger partial charge in [0.2, 0.25) is 0 Å². The lowest BCUT2D eigenvalue weighted by molar-refractivity contribution is 0.0565. The van der Waals surface area contributed by atoms with Crippen LogP contribution in [0.1, 0.15) is 18.9 Å². The second kappa shape index (κ2) is 7.61. The van der Waals surface area contributed by atoms with Gasteiger partial charge in [0.25, 0.3) is 0 Å². The molecule has 2 unspecified atom stereocenters. The van der Waals surface area contributed by atoms with Gasteiger partial charge in [-0.2, -0.15) is 0 Å². The molecule has 1 aromatic rings. The van der Waals surface area contributed by atoms with E-state index in [9.17, 15) is 0 Å². The first-order valence-corrected chi connectivity index (χ1v) is 8.22. The Morgan fingerprint density at radius 2 is 2.23 bits per heavy atom. The predicted molar refractivity (Wildman–Crippen MR) is 89.0 cm³/mol. The SMILES string of the molecule is CC1CN=C(NCC2CN(Cc3ccccc3)CCCO2)N1. The van der Waals surface area contributed by atoms with Crippen LogP contribution in [0.4, 0.5) is 0 Å². The van der Waals surface area contributed by atoms with E-state index in [0.29, 0.717) is 6.04 Å². The van der Waals surface area contributed by atoms with Crippen molar-refractivity contribution < 1.29 is 4.74 Å². The van der Waals surface area contributed by atoms with Crippen LogP contribution in [0.25, 0.3) is 0 Å². The lowest BCUT2D eigenvalue weighted by atomic mass is 10.2. The van der Waals surface area contributed by atoms with Crippen LogP contribution < -0.4 is 10.6 Å². The third-order valence-corrected chi connectivity index (χ3v) is 4.09. The molecule has 1 aromatic carbocycles. The highest BCUT2D eigenvalue weighted by Gasteiger charge is 2.20. The third kappa shape index (κ3) is 4.45. The lowest BCUT2D eigenvalue weighted by Gasteiger charge is -2.24. The fourth-order valence-electron chi connectivity index (χ4n) is 2.95. The summed E-state index contributed by atoms with van der Waals surface area (Å²) >= 11 is 0. The van der Waals surface area contributed by atoms with Crippen molar-refractivity contribution in [3.05, 3.63) is 35.9 Å². The quantitative estimate of drug-likeness (QED) is 0.878. The van der Waals surface area contributed by atoms with Crippen LogP contribution in [0.15, 0.2) is 35.3 Å². The van der Waals surface area contributed by atoms with Crippen molar-refractivity contribution >= 4 is 5.96 Å². The fraction of sp³-hybridized carbons (Fsp3) is 0.588. The monoisotopic (exact) mass is 302 g/mol. The molecule has 0 aromatic heterocycles.